The summed E-state index contributed by atoms with van der Waals surface area (Å²) < 4.78 is 13.1. The molecule has 1 heterocycles. The maximum Gasteiger partial charge on any atom is 0.143 e. The molecule has 0 atom stereocenters. The topological polar surface area (TPSA) is 50.9 Å². The van der Waals surface area contributed by atoms with Crippen molar-refractivity contribution in [2.45, 2.75) is 6.54 Å². The molecule has 0 saturated heterocycles. The van der Waals surface area contributed by atoms with Crippen molar-refractivity contribution in [2.75, 3.05) is 11.1 Å². The van der Waals surface area contributed by atoms with Gasteiger partial charge < -0.3 is 11.1 Å². The van der Waals surface area contributed by atoms with Gasteiger partial charge in [-0.05, 0) is 18.2 Å². The fraction of sp³-hybridized carbons (Fsp3) is 0.0833. The number of pyridine rings is 1. The molecule has 0 bridgehead atoms. The van der Waals surface area contributed by atoms with E-state index in [2.05, 4.69) is 10.3 Å². The van der Waals surface area contributed by atoms with Crippen molar-refractivity contribution >= 4 is 23.0 Å². The molecule has 0 amide bonds. The number of halogens is 2. The van der Waals surface area contributed by atoms with Crippen LogP contribution in [-0.2, 0) is 6.54 Å². The zero-order chi connectivity index (χ0) is 12.3. The number of nitrogen functional groups attached to an aromatic ring is 1. The number of aromatic nitrogens is 1. The van der Waals surface area contributed by atoms with Gasteiger partial charge >= 0.3 is 0 Å². The lowest BCUT2D eigenvalue weighted by molar-refractivity contribution is 0.629. The highest BCUT2D eigenvalue weighted by molar-refractivity contribution is 6.31. The largest absolute Gasteiger partial charge is 0.397 e. The summed E-state index contributed by atoms with van der Waals surface area (Å²) in [6, 6.07) is 8.28. The van der Waals surface area contributed by atoms with Crippen LogP contribution in [0.3, 0.4) is 0 Å². The molecule has 0 spiro atoms. The lowest BCUT2D eigenvalue weighted by atomic mass is 10.2. The summed E-state index contributed by atoms with van der Waals surface area (Å²) in [4.78, 5) is 4.15. The minimum absolute atomic E-state index is 0.0442. The van der Waals surface area contributed by atoms with Crippen molar-refractivity contribution in [3.05, 3.63) is 53.1 Å². The molecular formula is C12H11ClFN3. The molecule has 2 aromatic rings. The summed E-state index contributed by atoms with van der Waals surface area (Å²) in [5.74, 6) is -0.521. The van der Waals surface area contributed by atoms with Gasteiger partial charge in [-0.1, -0.05) is 17.7 Å². The fourth-order valence-electron chi connectivity index (χ4n) is 1.40. The van der Waals surface area contributed by atoms with Crippen LogP contribution in [0, 0.1) is 5.82 Å². The summed E-state index contributed by atoms with van der Waals surface area (Å²) in [6.45, 7) is 0.507. The minimum atomic E-state index is -0.521. The number of hydrogen-bond acceptors (Lipinski definition) is 3. The van der Waals surface area contributed by atoms with Gasteiger partial charge in [0, 0.05) is 12.3 Å². The molecule has 88 valence electrons. The van der Waals surface area contributed by atoms with Gasteiger partial charge in [0.25, 0.3) is 0 Å². The van der Waals surface area contributed by atoms with Gasteiger partial charge in [-0.3, -0.25) is 4.98 Å². The van der Waals surface area contributed by atoms with Crippen LogP contribution in [0.25, 0.3) is 0 Å². The van der Waals surface area contributed by atoms with Crippen molar-refractivity contribution in [1.29, 1.82) is 0 Å². The minimum Gasteiger partial charge on any atom is -0.397 e. The standard InChI is InChI=1S/C12H11ClFN3/c13-9-5-12(11(15)6-10(9)14)17-7-8-3-1-2-4-16-8/h1-6,17H,7,15H2. The van der Waals surface area contributed by atoms with E-state index in [1.54, 1.807) is 6.20 Å². The van der Waals surface area contributed by atoms with Crippen molar-refractivity contribution in [3.63, 3.8) is 0 Å². The number of nitrogens with zero attached hydrogens (tertiary/aromatic N) is 1. The van der Waals surface area contributed by atoms with E-state index in [1.165, 1.54) is 12.1 Å². The lowest BCUT2D eigenvalue weighted by Crippen LogP contribution is -2.04. The third-order valence-corrected chi connectivity index (χ3v) is 2.57. The SMILES string of the molecule is Nc1cc(F)c(Cl)cc1NCc1ccccn1. The summed E-state index contributed by atoms with van der Waals surface area (Å²) in [7, 11) is 0. The fourth-order valence-corrected chi connectivity index (χ4v) is 1.57. The van der Waals surface area contributed by atoms with E-state index in [1.807, 2.05) is 18.2 Å². The molecule has 3 N–H and O–H groups in total. The van der Waals surface area contributed by atoms with Crippen LogP contribution >= 0.6 is 11.6 Å². The molecule has 0 aliphatic rings. The zero-order valence-electron chi connectivity index (χ0n) is 8.95. The van der Waals surface area contributed by atoms with Crippen molar-refractivity contribution in [3.8, 4) is 0 Å². The Hall–Kier alpha value is -1.81. The van der Waals surface area contributed by atoms with Gasteiger partial charge in [-0.15, -0.1) is 0 Å². The highest BCUT2D eigenvalue weighted by Gasteiger charge is 2.05. The summed E-state index contributed by atoms with van der Waals surface area (Å²) >= 11 is 5.68. The van der Waals surface area contributed by atoms with E-state index in [0.717, 1.165) is 5.69 Å². The van der Waals surface area contributed by atoms with Crippen LogP contribution in [0.5, 0.6) is 0 Å². The van der Waals surface area contributed by atoms with Crippen LogP contribution < -0.4 is 11.1 Å². The average Bonchev–Trinajstić information content (AvgIpc) is 2.33. The second-order valence-electron chi connectivity index (χ2n) is 3.53. The highest BCUT2D eigenvalue weighted by atomic mass is 35.5. The smallest absolute Gasteiger partial charge is 0.143 e. The van der Waals surface area contributed by atoms with E-state index in [0.29, 0.717) is 17.9 Å². The normalized spacial score (nSPS) is 10.2. The lowest BCUT2D eigenvalue weighted by Gasteiger charge is -2.09. The molecule has 0 unspecified atom stereocenters. The second-order valence-corrected chi connectivity index (χ2v) is 3.94. The van der Waals surface area contributed by atoms with Crippen molar-refractivity contribution in [1.82, 2.24) is 4.98 Å². The number of nitrogens with two attached hydrogens (primary N) is 1. The Morgan fingerprint density at radius 2 is 2.18 bits per heavy atom. The molecule has 0 aliphatic heterocycles. The van der Waals surface area contributed by atoms with E-state index in [9.17, 15) is 4.39 Å². The van der Waals surface area contributed by atoms with Crippen molar-refractivity contribution in [2.24, 2.45) is 0 Å². The van der Waals surface area contributed by atoms with Crippen LogP contribution in [0.2, 0.25) is 5.02 Å². The first-order valence-corrected chi connectivity index (χ1v) is 5.43. The first kappa shape index (κ1) is 11.7. The van der Waals surface area contributed by atoms with E-state index < -0.39 is 5.82 Å². The Bertz CT molecular complexity index is 517. The maximum atomic E-state index is 13.1. The van der Waals surface area contributed by atoms with Gasteiger partial charge in [-0.25, -0.2) is 4.39 Å². The summed E-state index contributed by atoms with van der Waals surface area (Å²) in [6.07, 6.45) is 1.71. The van der Waals surface area contributed by atoms with Gasteiger partial charge in [0.15, 0.2) is 0 Å². The third-order valence-electron chi connectivity index (χ3n) is 2.28. The monoisotopic (exact) mass is 251 g/mol. The average molecular weight is 252 g/mol. The number of rotatable bonds is 3. The molecule has 2 rings (SSSR count). The summed E-state index contributed by atoms with van der Waals surface area (Å²) in [5, 5.41) is 3.10. The molecule has 0 fully saturated rings. The second kappa shape index (κ2) is 5.01. The molecule has 0 saturated carbocycles. The number of benzene rings is 1. The molecule has 0 aliphatic carbocycles. The Balaban J connectivity index is 2.12. The molecule has 5 heteroatoms. The maximum absolute atomic E-state index is 13.1. The van der Waals surface area contributed by atoms with Crippen molar-refractivity contribution < 1.29 is 4.39 Å². The predicted molar refractivity (Wildman–Crippen MR) is 67.4 cm³/mol. The Morgan fingerprint density at radius 3 is 2.88 bits per heavy atom. The van der Waals surface area contributed by atoms with Crippen LogP contribution in [0.15, 0.2) is 36.5 Å². The zero-order valence-corrected chi connectivity index (χ0v) is 9.71. The summed E-state index contributed by atoms with van der Waals surface area (Å²) in [5.41, 5.74) is 7.46. The van der Waals surface area contributed by atoms with Gasteiger partial charge in [0.2, 0.25) is 0 Å². The molecule has 3 nitrogen and oxygen atoms in total. The van der Waals surface area contributed by atoms with Crippen LogP contribution in [0.4, 0.5) is 15.8 Å². The van der Waals surface area contributed by atoms with Gasteiger partial charge in [0.1, 0.15) is 5.82 Å². The van der Waals surface area contributed by atoms with Gasteiger partial charge in [0.05, 0.1) is 28.6 Å². The quantitative estimate of drug-likeness (QED) is 0.825. The van der Waals surface area contributed by atoms with Crippen LogP contribution in [-0.4, -0.2) is 4.98 Å². The molecule has 1 aromatic carbocycles. The molecule has 0 radical (unpaired) electrons. The van der Waals surface area contributed by atoms with E-state index in [4.69, 9.17) is 17.3 Å². The van der Waals surface area contributed by atoms with E-state index >= 15 is 0 Å². The van der Waals surface area contributed by atoms with Gasteiger partial charge in [-0.2, -0.15) is 0 Å². The van der Waals surface area contributed by atoms with Crippen LogP contribution in [0.1, 0.15) is 5.69 Å². The first-order valence-electron chi connectivity index (χ1n) is 5.05. The first-order chi connectivity index (χ1) is 8.16. The Labute approximate surface area is 103 Å². The Kier molecular flexibility index (Phi) is 3.44. The number of anilines is 2. The number of nitrogens with one attached hydrogen (secondary N) is 1. The third kappa shape index (κ3) is 2.85. The molecular weight excluding hydrogens is 241 g/mol. The van der Waals surface area contributed by atoms with E-state index in [-0.39, 0.29) is 5.02 Å². The highest BCUT2D eigenvalue weighted by Crippen LogP contribution is 2.26. The Morgan fingerprint density at radius 1 is 1.35 bits per heavy atom. The molecule has 17 heavy (non-hydrogen) atoms. The number of hydrogen-bond donors (Lipinski definition) is 2. The predicted octanol–water partition coefficient (Wildman–Crippen LogP) is 3.07. The molecule has 1 aromatic heterocycles.